The first-order valence-electron chi connectivity index (χ1n) is 8.36. The highest BCUT2D eigenvalue weighted by atomic mass is 16.5. The summed E-state index contributed by atoms with van der Waals surface area (Å²) >= 11 is 0. The molecule has 138 valence electrons. The van der Waals surface area contributed by atoms with Crippen LogP contribution < -0.4 is 9.47 Å². The summed E-state index contributed by atoms with van der Waals surface area (Å²) in [6, 6.07) is 6.83. The predicted molar refractivity (Wildman–Crippen MR) is 94.7 cm³/mol. The van der Waals surface area contributed by atoms with Gasteiger partial charge in [0.15, 0.2) is 11.5 Å². The second kappa shape index (κ2) is 7.47. The van der Waals surface area contributed by atoms with Gasteiger partial charge in [-0.15, -0.1) is 0 Å². The second-order valence-electron chi connectivity index (χ2n) is 6.09. The molecule has 1 aromatic heterocycles. The maximum atomic E-state index is 12.7. The molecule has 1 aliphatic rings. The molecule has 1 saturated heterocycles. The van der Waals surface area contributed by atoms with E-state index >= 15 is 0 Å². The molecule has 0 bridgehead atoms. The van der Waals surface area contributed by atoms with Crippen LogP contribution in [0.5, 0.6) is 11.5 Å². The number of hydrogen-bond donors (Lipinski definition) is 1. The topological polar surface area (TPSA) is 87.8 Å². The van der Waals surface area contributed by atoms with Crippen LogP contribution in [-0.2, 0) is 0 Å². The number of nitrogens with zero attached hydrogens (tertiary/aromatic N) is 3. The van der Waals surface area contributed by atoms with Crippen LogP contribution in [-0.4, -0.2) is 72.2 Å². The Hall–Kier alpha value is -3.03. The van der Waals surface area contributed by atoms with Gasteiger partial charge in [0.05, 0.1) is 14.2 Å². The molecule has 2 amide bonds. The number of rotatable bonds is 4. The lowest BCUT2D eigenvalue weighted by Crippen LogP contribution is -2.50. The Kier molecular flexibility index (Phi) is 5.11. The van der Waals surface area contributed by atoms with Crippen LogP contribution >= 0.6 is 0 Å². The Morgan fingerprint density at radius 3 is 2.12 bits per heavy atom. The van der Waals surface area contributed by atoms with E-state index in [4.69, 9.17) is 9.47 Å². The number of ether oxygens (including phenoxy) is 2. The fourth-order valence-electron chi connectivity index (χ4n) is 2.95. The number of piperazine rings is 1. The summed E-state index contributed by atoms with van der Waals surface area (Å²) in [6.45, 7) is 3.75. The minimum Gasteiger partial charge on any atom is -0.493 e. The Morgan fingerprint density at radius 2 is 1.58 bits per heavy atom. The van der Waals surface area contributed by atoms with Crippen LogP contribution in [0.3, 0.4) is 0 Å². The van der Waals surface area contributed by atoms with Crippen molar-refractivity contribution in [1.29, 1.82) is 0 Å². The first kappa shape index (κ1) is 17.8. The molecule has 1 N–H and O–H groups in total. The zero-order chi connectivity index (χ0) is 18.7. The standard InChI is InChI=1S/C18H22N4O4/c1-12-10-14(20-19-12)18(24)22-8-6-21(7-9-22)17(23)13-4-5-15(25-2)16(11-13)26-3/h4-5,10-11H,6-9H2,1-3H3,(H,19,20). The van der Waals surface area contributed by atoms with Crippen molar-refractivity contribution >= 4 is 11.8 Å². The minimum atomic E-state index is -0.118. The van der Waals surface area contributed by atoms with Gasteiger partial charge >= 0.3 is 0 Å². The van der Waals surface area contributed by atoms with E-state index < -0.39 is 0 Å². The number of carbonyl (C=O) groups is 2. The van der Waals surface area contributed by atoms with E-state index in [1.165, 1.54) is 7.11 Å². The van der Waals surface area contributed by atoms with Crippen molar-refractivity contribution in [3.8, 4) is 11.5 Å². The molecule has 2 heterocycles. The highest BCUT2D eigenvalue weighted by Crippen LogP contribution is 2.28. The summed E-state index contributed by atoms with van der Waals surface area (Å²) in [4.78, 5) is 28.6. The van der Waals surface area contributed by atoms with E-state index in [2.05, 4.69) is 10.2 Å². The fourth-order valence-corrected chi connectivity index (χ4v) is 2.95. The average Bonchev–Trinajstić information content (AvgIpc) is 3.12. The SMILES string of the molecule is COc1ccc(C(=O)N2CCN(C(=O)c3cc(C)[nH]n3)CC2)cc1OC. The van der Waals surface area contributed by atoms with Crippen molar-refractivity contribution in [2.24, 2.45) is 0 Å². The van der Waals surface area contributed by atoms with Gasteiger partial charge in [-0.25, -0.2) is 0 Å². The van der Waals surface area contributed by atoms with Crippen LogP contribution in [0.25, 0.3) is 0 Å². The molecule has 0 saturated carbocycles. The van der Waals surface area contributed by atoms with E-state index in [-0.39, 0.29) is 11.8 Å². The molecule has 0 unspecified atom stereocenters. The van der Waals surface area contributed by atoms with Crippen LogP contribution in [0.15, 0.2) is 24.3 Å². The molecule has 0 aliphatic carbocycles. The van der Waals surface area contributed by atoms with Crippen molar-refractivity contribution in [2.45, 2.75) is 6.92 Å². The number of H-pyrrole nitrogens is 1. The molecule has 3 rings (SSSR count). The molecule has 2 aromatic rings. The first-order chi connectivity index (χ1) is 12.5. The predicted octanol–water partition coefficient (Wildman–Crippen LogP) is 1.33. The number of methoxy groups -OCH3 is 2. The van der Waals surface area contributed by atoms with Crippen molar-refractivity contribution in [3.63, 3.8) is 0 Å². The molecule has 8 heteroatoms. The Labute approximate surface area is 151 Å². The number of hydrogen-bond acceptors (Lipinski definition) is 5. The third kappa shape index (κ3) is 3.49. The van der Waals surface area contributed by atoms with Gasteiger partial charge in [-0.2, -0.15) is 5.10 Å². The highest BCUT2D eigenvalue weighted by Gasteiger charge is 2.27. The lowest BCUT2D eigenvalue weighted by Gasteiger charge is -2.34. The van der Waals surface area contributed by atoms with Gasteiger partial charge in [-0.3, -0.25) is 14.7 Å². The van der Waals surface area contributed by atoms with Crippen molar-refractivity contribution in [3.05, 3.63) is 41.2 Å². The van der Waals surface area contributed by atoms with E-state index in [1.54, 1.807) is 41.2 Å². The molecule has 0 atom stereocenters. The van der Waals surface area contributed by atoms with Gasteiger partial charge in [0.1, 0.15) is 5.69 Å². The largest absolute Gasteiger partial charge is 0.493 e. The molecular formula is C18H22N4O4. The van der Waals surface area contributed by atoms with E-state index in [1.807, 2.05) is 6.92 Å². The summed E-state index contributed by atoms with van der Waals surface area (Å²) in [7, 11) is 3.09. The molecule has 0 radical (unpaired) electrons. The fraction of sp³-hybridized carbons (Fsp3) is 0.389. The molecule has 26 heavy (non-hydrogen) atoms. The van der Waals surface area contributed by atoms with E-state index in [0.29, 0.717) is 48.9 Å². The van der Waals surface area contributed by atoms with Gasteiger partial charge in [-0.1, -0.05) is 0 Å². The summed E-state index contributed by atoms with van der Waals surface area (Å²) in [6.07, 6.45) is 0. The van der Waals surface area contributed by atoms with Gasteiger partial charge in [-0.05, 0) is 31.2 Å². The lowest BCUT2D eigenvalue weighted by molar-refractivity contribution is 0.0532. The van der Waals surface area contributed by atoms with Crippen LogP contribution in [0.4, 0.5) is 0 Å². The number of carbonyl (C=O) groups excluding carboxylic acids is 2. The highest BCUT2D eigenvalue weighted by molar-refractivity contribution is 5.95. The van der Waals surface area contributed by atoms with Crippen molar-refractivity contribution in [2.75, 3.05) is 40.4 Å². The second-order valence-corrected chi connectivity index (χ2v) is 6.09. The minimum absolute atomic E-state index is 0.0892. The zero-order valence-corrected chi connectivity index (χ0v) is 15.1. The average molecular weight is 358 g/mol. The molecular weight excluding hydrogens is 336 g/mol. The van der Waals surface area contributed by atoms with Gasteiger partial charge in [0.2, 0.25) is 0 Å². The smallest absolute Gasteiger partial charge is 0.274 e. The number of aromatic amines is 1. The monoisotopic (exact) mass is 358 g/mol. The summed E-state index contributed by atoms with van der Waals surface area (Å²) in [5, 5.41) is 6.78. The number of aromatic nitrogens is 2. The van der Waals surface area contributed by atoms with Crippen molar-refractivity contribution in [1.82, 2.24) is 20.0 Å². The van der Waals surface area contributed by atoms with Crippen molar-refractivity contribution < 1.29 is 19.1 Å². The molecule has 0 spiro atoms. The molecule has 1 aliphatic heterocycles. The maximum Gasteiger partial charge on any atom is 0.274 e. The molecule has 1 aromatic carbocycles. The Morgan fingerprint density at radius 1 is 0.962 bits per heavy atom. The lowest BCUT2D eigenvalue weighted by atomic mass is 10.1. The van der Waals surface area contributed by atoms with E-state index in [0.717, 1.165) is 5.69 Å². The summed E-state index contributed by atoms with van der Waals surface area (Å²) in [5.41, 5.74) is 1.78. The quantitative estimate of drug-likeness (QED) is 0.891. The summed E-state index contributed by atoms with van der Waals surface area (Å²) < 4.78 is 10.5. The maximum absolute atomic E-state index is 12.7. The number of aryl methyl sites for hydroxylation is 1. The molecule has 8 nitrogen and oxygen atoms in total. The number of amides is 2. The molecule has 1 fully saturated rings. The number of nitrogens with one attached hydrogen (secondary N) is 1. The normalized spacial score (nSPS) is 14.3. The van der Waals surface area contributed by atoms with Gasteiger partial charge < -0.3 is 19.3 Å². The first-order valence-corrected chi connectivity index (χ1v) is 8.36. The third-order valence-corrected chi connectivity index (χ3v) is 4.41. The Bertz CT molecular complexity index is 809. The summed E-state index contributed by atoms with van der Waals surface area (Å²) in [5.74, 6) is 0.885. The van der Waals surface area contributed by atoms with E-state index in [9.17, 15) is 9.59 Å². The van der Waals surface area contributed by atoms with Crippen LogP contribution in [0.1, 0.15) is 26.5 Å². The van der Waals surface area contributed by atoms with Gasteiger partial charge in [0.25, 0.3) is 11.8 Å². The number of benzene rings is 1. The van der Waals surface area contributed by atoms with Crippen LogP contribution in [0, 0.1) is 6.92 Å². The van der Waals surface area contributed by atoms with Gasteiger partial charge in [0, 0.05) is 37.4 Å². The van der Waals surface area contributed by atoms with Crippen LogP contribution in [0.2, 0.25) is 0 Å². The Balaban J connectivity index is 1.64. The zero-order valence-electron chi connectivity index (χ0n) is 15.1. The third-order valence-electron chi connectivity index (χ3n) is 4.41.